The van der Waals surface area contributed by atoms with Gasteiger partial charge in [0.1, 0.15) is 18.7 Å². The molecule has 1 aliphatic rings. The van der Waals surface area contributed by atoms with Crippen LogP contribution in [0.4, 0.5) is 5.69 Å². The molecule has 0 saturated carbocycles. The number of ether oxygens (including phenoxy) is 2. The number of amides is 5. The molecule has 0 aliphatic carbocycles. The van der Waals surface area contributed by atoms with Crippen LogP contribution < -0.4 is 16.0 Å². The number of esters is 1. The van der Waals surface area contributed by atoms with E-state index in [0.717, 1.165) is 5.56 Å². The molecule has 0 spiro atoms. The van der Waals surface area contributed by atoms with Gasteiger partial charge in [-0.25, -0.2) is 0 Å². The molecule has 0 aromatic heterocycles. The highest BCUT2D eigenvalue weighted by Gasteiger charge is 2.44. The first kappa shape index (κ1) is 37.4. The Morgan fingerprint density at radius 1 is 0.911 bits per heavy atom. The lowest BCUT2D eigenvalue weighted by molar-refractivity contribution is -0.154. The third kappa shape index (κ3) is 11.6. The Bertz CT molecular complexity index is 1230. The standard InChI is InChI=1S/C33H50N4O8/c1-20(2)27(36-25(38)14-16-44-17-15-37-26(39)18-24(30(37)42)32(4,5)6)29(41)34-21(3)28(40)35-23-12-10-22(11-13-23)19-45-31(43)33(7,8)9/h10-13,20-21,24,27H,14-19H2,1-9H3,(H,34,41)(H,35,40)(H,36,38)/t21-,24?,27-/m0/s1. The van der Waals surface area contributed by atoms with Crippen LogP contribution in [-0.4, -0.2) is 72.2 Å². The second-order valence-corrected chi connectivity index (χ2v) is 13.9. The van der Waals surface area contributed by atoms with Crippen LogP contribution >= 0.6 is 0 Å². The zero-order valence-corrected chi connectivity index (χ0v) is 28.1. The van der Waals surface area contributed by atoms with Crippen molar-refractivity contribution in [3.63, 3.8) is 0 Å². The van der Waals surface area contributed by atoms with Crippen molar-refractivity contribution >= 4 is 41.2 Å². The fourth-order valence-corrected chi connectivity index (χ4v) is 4.47. The third-order valence-corrected chi connectivity index (χ3v) is 7.44. The zero-order chi connectivity index (χ0) is 34.1. The number of hydrogen-bond acceptors (Lipinski definition) is 8. The van der Waals surface area contributed by atoms with Gasteiger partial charge in [0, 0.05) is 18.5 Å². The zero-order valence-electron chi connectivity index (χ0n) is 28.1. The van der Waals surface area contributed by atoms with Crippen LogP contribution in [0.2, 0.25) is 0 Å². The second kappa shape index (κ2) is 16.0. The maximum Gasteiger partial charge on any atom is 0.311 e. The maximum atomic E-state index is 13.0. The Morgan fingerprint density at radius 3 is 2.07 bits per heavy atom. The van der Waals surface area contributed by atoms with Crippen molar-refractivity contribution in [2.45, 2.75) is 93.8 Å². The molecular weight excluding hydrogens is 580 g/mol. The molecule has 12 heteroatoms. The van der Waals surface area contributed by atoms with Crippen molar-refractivity contribution in [2.24, 2.45) is 22.7 Å². The summed E-state index contributed by atoms with van der Waals surface area (Å²) in [6.45, 7) is 16.6. The highest BCUT2D eigenvalue weighted by atomic mass is 16.5. The van der Waals surface area contributed by atoms with Gasteiger partial charge < -0.3 is 25.4 Å². The summed E-state index contributed by atoms with van der Waals surface area (Å²) < 4.78 is 10.8. The number of likely N-dealkylation sites (tertiary alicyclic amines) is 1. The van der Waals surface area contributed by atoms with Gasteiger partial charge in [-0.3, -0.25) is 33.7 Å². The highest BCUT2D eigenvalue weighted by molar-refractivity contribution is 6.04. The first-order valence-electron chi connectivity index (χ1n) is 15.4. The SMILES string of the molecule is CC(C)[C@H](NC(=O)CCOCCN1C(=O)CC(C(C)(C)C)C1=O)C(=O)N[C@@H](C)C(=O)Nc1ccc(COC(=O)C(C)(C)C)cc1. The first-order chi connectivity index (χ1) is 20.8. The third-order valence-electron chi connectivity index (χ3n) is 7.44. The number of nitrogens with zero attached hydrogens (tertiary/aromatic N) is 1. The molecule has 1 fully saturated rings. The molecule has 1 aromatic carbocycles. The van der Waals surface area contributed by atoms with Crippen LogP contribution in [-0.2, 0) is 44.8 Å². The van der Waals surface area contributed by atoms with Crippen LogP contribution in [0.3, 0.4) is 0 Å². The van der Waals surface area contributed by atoms with Crippen LogP contribution in [0.15, 0.2) is 24.3 Å². The summed E-state index contributed by atoms with van der Waals surface area (Å²) in [7, 11) is 0. The summed E-state index contributed by atoms with van der Waals surface area (Å²) in [5.41, 5.74) is 0.365. The minimum absolute atomic E-state index is 0.0234. The molecule has 45 heavy (non-hydrogen) atoms. The minimum atomic E-state index is -0.889. The fourth-order valence-electron chi connectivity index (χ4n) is 4.47. The lowest BCUT2D eigenvalue weighted by atomic mass is 9.80. The van der Waals surface area contributed by atoms with E-state index in [4.69, 9.17) is 9.47 Å². The number of hydrogen-bond donors (Lipinski definition) is 3. The summed E-state index contributed by atoms with van der Waals surface area (Å²) in [4.78, 5) is 76.3. The van der Waals surface area contributed by atoms with Gasteiger partial charge in [0.05, 0.1) is 31.1 Å². The lowest BCUT2D eigenvalue weighted by Crippen LogP contribution is -2.53. The molecule has 3 N–H and O–H groups in total. The number of nitrogens with one attached hydrogen (secondary N) is 3. The Balaban J connectivity index is 1.77. The average molecular weight is 631 g/mol. The molecule has 1 saturated heterocycles. The number of benzene rings is 1. The maximum absolute atomic E-state index is 13.0. The molecule has 1 unspecified atom stereocenters. The Labute approximate surface area is 266 Å². The molecule has 5 amide bonds. The molecule has 1 aromatic rings. The van der Waals surface area contributed by atoms with E-state index in [-0.39, 0.29) is 74.2 Å². The molecule has 0 radical (unpaired) electrons. The van der Waals surface area contributed by atoms with Crippen molar-refractivity contribution in [3.05, 3.63) is 29.8 Å². The lowest BCUT2D eigenvalue weighted by Gasteiger charge is -2.25. The van der Waals surface area contributed by atoms with Crippen molar-refractivity contribution in [1.82, 2.24) is 15.5 Å². The molecular formula is C33H50N4O8. The molecule has 0 bridgehead atoms. The summed E-state index contributed by atoms with van der Waals surface area (Å²) in [6.07, 6.45) is 0.166. The summed E-state index contributed by atoms with van der Waals surface area (Å²) in [5, 5.41) is 8.08. The van der Waals surface area contributed by atoms with Crippen LogP contribution in [0.25, 0.3) is 0 Å². The van der Waals surface area contributed by atoms with Crippen LogP contribution in [0, 0.1) is 22.7 Å². The topological polar surface area (TPSA) is 160 Å². The number of carbonyl (C=O) groups excluding carboxylic acids is 6. The van der Waals surface area contributed by atoms with Gasteiger partial charge in [-0.05, 0) is 56.7 Å². The van der Waals surface area contributed by atoms with E-state index in [0.29, 0.717) is 5.69 Å². The van der Waals surface area contributed by atoms with Gasteiger partial charge in [0.2, 0.25) is 29.5 Å². The van der Waals surface area contributed by atoms with Crippen LogP contribution in [0.5, 0.6) is 0 Å². The van der Waals surface area contributed by atoms with E-state index in [1.54, 1.807) is 65.8 Å². The number of anilines is 1. The largest absolute Gasteiger partial charge is 0.460 e. The van der Waals surface area contributed by atoms with E-state index in [1.165, 1.54) is 4.90 Å². The van der Waals surface area contributed by atoms with E-state index >= 15 is 0 Å². The Morgan fingerprint density at radius 2 is 1.53 bits per heavy atom. The predicted octanol–water partition coefficient (Wildman–Crippen LogP) is 3.19. The molecule has 1 heterocycles. The van der Waals surface area contributed by atoms with Gasteiger partial charge in [0.15, 0.2) is 0 Å². The van der Waals surface area contributed by atoms with E-state index < -0.39 is 35.2 Å². The molecule has 12 nitrogen and oxygen atoms in total. The molecule has 2 rings (SSSR count). The van der Waals surface area contributed by atoms with Gasteiger partial charge in [-0.2, -0.15) is 0 Å². The normalized spacial score (nSPS) is 16.8. The molecule has 3 atom stereocenters. The summed E-state index contributed by atoms with van der Waals surface area (Å²) in [5.74, 6) is -2.69. The predicted molar refractivity (Wildman–Crippen MR) is 168 cm³/mol. The van der Waals surface area contributed by atoms with Gasteiger partial charge in [0.25, 0.3) is 0 Å². The Hall–Kier alpha value is -3.80. The van der Waals surface area contributed by atoms with Crippen molar-refractivity contribution in [1.29, 1.82) is 0 Å². The fraction of sp³-hybridized carbons (Fsp3) is 0.636. The van der Waals surface area contributed by atoms with Crippen molar-refractivity contribution in [3.8, 4) is 0 Å². The highest BCUT2D eigenvalue weighted by Crippen LogP contribution is 2.35. The number of carbonyl (C=O) groups is 6. The van der Waals surface area contributed by atoms with Crippen molar-refractivity contribution < 1.29 is 38.2 Å². The van der Waals surface area contributed by atoms with E-state index in [2.05, 4.69) is 16.0 Å². The second-order valence-electron chi connectivity index (χ2n) is 13.9. The van der Waals surface area contributed by atoms with Crippen LogP contribution in [0.1, 0.15) is 80.7 Å². The first-order valence-corrected chi connectivity index (χ1v) is 15.4. The minimum Gasteiger partial charge on any atom is -0.460 e. The summed E-state index contributed by atoms with van der Waals surface area (Å²) >= 11 is 0. The van der Waals surface area contributed by atoms with Gasteiger partial charge >= 0.3 is 5.97 Å². The van der Waals surface area contributed by atoms with Gasteiger partial charge in [-0.15, -0.1) is 0 Å². The number of imide groups is 1. The molecule has 1 aliphatic heterocycles. The van der Waals surface area contributed by atoms with E-state index in [9.17, 15) is 28.8 Å². The average Bonchev–Trinajstić information content (AvgIpc) is 3.23. The number of rotatable bonds is 14. The summed E-state index contributed by atoms with van der Waals surface area (Å²) in [6, 6.07) is 5.05. The smallest absolute Gasteiger partial charge is 0.311 e. The Kier molecular flexibility index (Phi) is 13.3. The molecule has 250 valence electrons. The van der Waals surface area contributed by atoms with Gasteiger partial charge in [-0.1, -0.05) is 46.8 Å². The van der Waals surface area contributed by atoms with E-state index in [1.807, 2.05) is 20.8 Å². The monoisotopic (exact) mass is 630 g/mol. The quantitative estimate of drug-likeness (QED) is 0.161. The van der Waals surface area contributed by atoms with Crippen molar-refractivity contribution in [2.75, 3.05) is 25.1 Å².